The van der Waals surface area contributed by atoms with E-state index >= 15 is 0 Å². The molecule has 1 aliphatic rings. The van der Waals surface area contributed by atoms with Crippen LogP contribution < -0.4 is 10.6 Å². The van der Waals surface area contributed by atoms with Crippen molar-refractivity contribution in [3.8, 4) is 0 Å². The fraction of sp³-hybridized carbons (Fsp3) is 0.750. The van der Waals surface area contributed by atoms with Crippen LogP contribution >= 0.6 is 0 Å². The molecule has 2 rings (SSSR count). The van der Waals surface area contributed by atoms with Crippen molar-refractivity contribution in [2.24, 2.45) is 4.99 Å². The summed E-state index contributed by atoms with van der Waals surface area (Å²) < 4.78 is 9.90. The average Bonchev–Trinajstić information content (AvgIpc) is 3.05. The molecule has 0 bridgehead atoms. The molecule has 1 fully saturated rings. The normalized spacial score (nSPS) is 16.0. The van der Waals surface area contributed by atoms with Crippen LogP contribution in [-0.2, 0) is 16.1 Å². The number of amides is 1. The van der Waals surface area contributed by atoms with Crippen molar-refractivity contribution in [1.82, 2.24) is 30.6 Å². The number of nitrogens with zero attached hydrogens (tertiary/aromatic N) is 5. The maximum atomic E-state index is 11.9. The predicted molar refractivity (Wildman–Crippen MR) is 96.7 cm³/mol. The van der Waals surface area contributed by atoms with E-state index in [1.807, 2.05) is 6.92 Å². The van der Waals surface area contributed by atoms with Crippen LogP contribution in [0.4, 0.5) is 0 Å². The Morgan fingerprint density at radius 3 is 2.69 bits per heavy atom. The molecule has 1 aromatic rings. The zero-order valence-corrected chi connectivity index (χ0v) is 15.8. The van der Waals surface area contributed by atoms with E-state index < -0.39 is 0 Å². The van der Waals surface area contributed by atoms with Crippen LogP contribution in [0.2, 0.25) is 0 Å². The lowest BCUT2D eigenvalue weighted by Crippen LogP contribution is -2.54. The molecular weight excluding hydrogens is 338 g/mol. The first-order valence-corrected chi connectivity index (χ1v) is 8.92. The minimum atomic E-state index is 0.0311. The second-order valence-corrected chi connectivity index (χ2v) is 6.01. The summed E-state index contributed by atoms with van der Waals surface area (Å²) >= 11 is 0. The van der Waals surface area contributed by atoms with Crippen LogP contribution in [0.1, 0.15) is 18.6 Å². The molecule has 10 heteroatoms. The molecule has 0 aliphatic carbocycles. The lowest BCUT2D eigenvalue weighted by molar-refractivity contribution is -0.122. The number of hydrogen-bond acceptors (Lipinski definition) is 7. The molecule has 26 heavy (non-hydrogen) atoms. The monoisotopic (exact) mass is 367 g/mol. The first-order chi connectivity index (χ1) is 12.6. The molecule has 2 heterocycles. The molecule has 0 radical (unpaired) electrons. The minimum absolute atomic E-state index is 0.0311. The molecule has 10 nitrogen and oxygen atoms in total. The van der Waals surface area contributed by atoms with Gasteiger partial charge in [-0.25, -0.2) is 4.99 Å². The molecule has 1 amide bonds. The van der Waals surface area contributed by atoms with Gasteiger partial charge in [-0.2, -0.15) is 4.98 Å². The SMILES string of the molecule is CCNC(=NCc1noc(C)n1)N1CCN(CC(=O)NCCOC)CC1. The summed E-state index contributed by atoms with van der Waals surface area (Å²) in [6, 6.07) is 0. The van der Waals surface area contributed by atoms with Gasteiger partial charge in [0.05, 0.1) is 13.2 Å². The van der Waals surface area contributed by atoms with Crippen molar-refractivity contribution in [1.29, 1.82) is 0 Å². The summed E-state index contributed by atoms with van der Waals surface area (Å²) in [5.74, 6) is 1.98. The maximum absolute atomic E-state index is 11.9. The van der Waals surface area contributed by atoms with E-state index in [-0.39, 0.29) is 5.91 Å². The van der Waals surface area contributed by atoms with Gasteiger partial charge in [0.2, 0.25) is 11.8 Å². The van der Waals surface area contributed by atoms with Crippen molar-refractivity contribution >= 4 is 11.9 Å². The van der Waals surface area contributed by atoms with Gasteiger partial charge in [-0.05, 0) is 6.92 Å². The van der Waals surface area contributed by atoms with Crippen molar-refractivity contribution < 1.29 is 14.1 Å². The molecule has 0 atom stereocenters. The zero-order valence-electron chi connectivity index (χ0n) is 15.8. The molecule has 0 spiro atoms. The van der Waals surface area contributed by atoms with Gasteiger partial charge < -0.3 is 24.8 Å². The fourth-order valence-corrected chi connectivity index (χ4v) is 2.65. The molecule has 0 saturated carbocycles. The number of carbonyl (C=O) groups excluding carboxylic acids is 1. The number of aliphatic imine (C=N–C) groups is 1. The number of ether oxygens (including phenoxy) is 1. The number of piperazine rings is 1. The molecule has 146 valence electrons. The molecule has 2 N–H and O–H groups in total. The second-order valence-electron chi connectivity index (χ2n) is 6.01. The molecule has 1 aliphatic heterocycles. The van der Waals surface area contributed by atoms with E-state index in [0.717, 1.165) is 38.7 Å². The van der Waals surface area contributed by atoms with Gasteiger partial charge in [-0.15, -0.1) is 0 Å². The quantitative estimate of drug-likeness (QED) is 0.350. The maximum Gasteiger partial charge on any atom is 0.234 e. The van der Waals surface area contributed by atoms with Gasteiger partial charge >= 0.3 is 0 Å². The molecule has 0 unspecified atom stereocenters. The molecule has 0 aromatic carbocycles. The van der Waals surface area contributed by atoms with Crippen LogP contribution in [0.3, 0.4) is 0 Å². The van der Waals surface area contributed by atoms with Gasteiger partial charge in [-0.1, -0.05) is 5.16 Å². The number of aromatic nitrogens is 2. The van der Waals surface area contributed by atoms with Crippen molar-refractivity contribution in [2.45, 2.75) is 20.4 Å². The number of aryl methyl sites for hydroxylation is 1. The molecule has 1 saturated heterocycles. The topological polar surface area (TPSA) is 108 Å². The summed E-state index contributed by atoms with van der Waals surface area (Å²) in [6.45, 7) is 9.67. The first-order valence-electron chi connectivity index (χ1n) is 8.92. The molecular formula is C16H29N7O3. The zero-order chi connectivity index (χ0) is 18.8. The summed E-state index contributed by atoms with van der Waals surface area (Å²) in [6.07, 6.45) is 0. The van der Waals surface area contributed by atoms with Crippen LogP contribution in [0.25, 0.3) is 0 Å². The van der Waals surface area contributed by atoms with E-state index in [4.69, 9.17) is 9.26 Å². The standard InChI is InChI=1S/C16H29N7O3/c1-4-17-16(19-11-14-20-13(2)26-21-14)23-8-6-22(7-9-23)12-15(24)18-5-10-25-3/h4-12H2,1-3H3,(H,17,19)(H,18,24). The van der Waals surface area contributed by atoms with Crippen LogP contribution in [-0.4, -0.2) is 91.3 Å². The van der Waals surface area contributed by atoms with Crippen LogP contribution in [0.5, 0.6) is 0 Å². The van der Waals surface area contributed by atoms with Gasteiger partial charge in [0.15, 0.2) is 11.8 Å². The lowest BCUT2D eigenvalue weighted by atomic mass is 10.3. The third-order valence-electron chi connectivity index (χ3n) is 3.94. The Bertz CT molecular complexity index is 582. The van der Waals surface area contributed by atoms with Gasteiger partial charge in [0, 0.05) is 53.3 Å². The van der Waals surface area contributed by atoms with E-state index in [1.54, 1.807) is 14.0 Å². The number of rotatable bonds is 8. The number of hydrogen-bond donors (Lipinski definition) is 2. The summed E-state index contributed by atoms with van der Waals surface area (Å²) in [7, 11) is 1.62. The average molecular weight is 367 g/mol. The predicted octanol–water partition coefficient (Wildman–Crippen LogP) is -0.776. The third-order valence-corrected chi connectivity index (χ3v) is 3.94. The second kappa shape index (κ2) is 10.7. The van der Waals surface area contributed by atoms with E-state index in [1.165, 1.54) is 0 Å². The third kappa shape index (κ3) is 6.60. The number of carbonyl (C=O) groups is 1. The molecule has 1 aromatic heterocycles. The summed E-state index contributed by atoms with van der Waals surface area (Å²) in [5.41, 5.74) is 0. The fourth-order valence-electron chi connectivity index (χ4n) is 2.65. The highest BCUT2D eigenvalue weighted by Crippen LogP contribution is 2.04. The smallest absolute Gasteiger partial charge is 0.234 e. The van der Waals surface area contributed by atoms with Gasteiger partial charge in [0.1, 0.15) is 6.54 Å². The Morgan fingerprint density at radius 1 is 1.31 bits per heavy atom. The van der Waals surface area contributed by atoms with Crippen molar-refractivity contribution in [3.63, 3.8) is 0 Å². The highest BCUT2D eigenvalue weighted by molar-refractivity contribution is 5.80. The number of guanidine groups is 1. The van der Waals surface area contributed by atoms with Crippen molar-refractivity contribution in [3.05, 3.63) is 11.7 Å². The van der Waals surface area contributed by atoms with Gasteiger partial charge in [-0.3, -0.25) is 9.69 Å². The minimum Gasteiger partial charge on any atom is -0.383 e. The Labute approximate surface area is 154 Å². The van der Waals surface area contributed by atoms with E-state index in [0.29, 0.717) is 38.0 Å². The van der Waals surface area contributed by atoms with Gasteiger partial charge in [0.25, 0.3) is 0 Å². The Balaban J connectivity index is 1.80. The lowest BCUT2D eigenvalue weighted by Gasteiger charge is -2.36. The summed E-state index contributed by atoms with van der Waals surface area (Å²) in [4.78, 5) is 25.0. The van der Waals surface area contributed by atoms with Crippen LogP contribution in [0, 0.1) is 6.92 Å². The highest BCUT2D eigenvalue weighted by atomic mass is 16.5. The number of methoxy groups -OCH3 is 1. The summed E-state index contributed by atoms with van der Waals surface area (Å²) in [5, 5.41) is 10.0. The largest absolute Gasteiger partial charge is 0.383 e. The highest BCUT2D eigenvalue weighted by Gasteiger charge is 2.21. The van der Waals surface area contributed by atoms with E-state index in [2.05, 4.69) is 35.6 Å². The van der Waals surface area contributed by atoms with Crippen LogP contribution in [0.15, 0.2) is 9.52 Å². The Kier molecular flexibility index (Phi) is 8.29. The Morgan fingerprint density at radius 2 is 2.08 bits per heavy atom. The Hall–Kier alpha value is -2.20. The first kappa shape index (κ1) is 20.1. The van der Waals surface area contributed by atoms with Crippen molar-refractivity contribution in [2.75, 3.05) is 59.5 Å². The number of nitrogens with one attached hydrogen (secondary N) is 2. The van der Waals surface area contributed by atoms with E-state index in [9.17, 15) is 4.79 Å².